The van der Waals surface area contributed by atoms with Gasteiger partial charge in [0.05, 0.1) is 29.5 Å². The molecule has 0 radical (unpaired) electrons. The average molecular weight is 450 g/mol. The Morgan fingerprint density at radius 1 is 1.33 bits per heavy atom. The van der Waals surface area contributed by atoms with Crippen molar-refractivity contribution in [2.75, 3.05) is 11.4 Å². The molecule has 0 saturated carbocycles. The minimum absolute atomic E-state index is 0.0471. The lowest BCUT2D eigenvalue weighted by molar-refractivity contribution is 0.198. The van der Waals surface area contributed by atoms with E-state index < -0.39 is 6.09 Å². The second-order valence-electron chi connectivity index (χ2n) is 8.31. The molecule has 0 bridgehead atoms. The molecule has 1 aromatic carbocycles. The van der Waals surface area contributed by atoms with Crippen LogP contribution in [0.2, 0.25) is 0 Å². The first-order chi connectivity index (χ1) is 16.1. The molecular formula is C23H27N7O3. The summed E-state index contributed by atoms with van der Waals surface area (Å²) in [5.74, 6) is 1.76. The normalized spacial score (nSPS) is 15.8. The number of aromatic nitrogens is 5. The fraction of sp³-hybridized carbons (Fsp3) is 0.391. The van der Waals surface area contributed by atoms with E-state index in [4.69, 9.17) is 9.40 Å². The van der Waals surface area contributed by atoms with Crippen molar-refractivity contribution >= 4 is 22.8 Å². The van der Waals surface area contributed by atoms with Gasteiger partial charge in [-0.1, -0.05) is 0 Å². The van der Waals surface area contributed by atoms with Gasteiger partial charge >= 0.3 is 6.09 Å². The number of carbonyl (C=O) groups is 1. The van der Waals surface area contributed by atoms with Gasteiger partial charge in [0, 0.05) is 50.1 Å². The Kier molecular flexibility index (Phi) is 5.82. The average Bonchev–Trinajstić information content (AvgIpc) is 3.56. The zero-order valence-corrected chi connectivity index (χ0v) is 18.5. The smallest absolute Gasteiger partial charge is 0.412 e. The summed E-state index contributed by atoms with van der Waals surface area (Å²) in [7, 11) is 0. The molecule has 0 unspecified atom stereocenters. The van der Waals surface area contributed by atoms with Crippen LogP contribution < -0.4 is 10.2 Å². The second kappa shape index (κ2) is 9.07. The number of anilines is 1. The van der Waals surface area contributed by atoms with E-state index >= 15 is 0 Å². The molecule has 5 rings (SSSR count). The summed E-state index contributed by atoms with van der Waals surface area (Å²) < 4.78 is 9.42. The molecular weight excluding hydrogens is 422 g/mol. The highest BCUT2D eigenvalue weighted by Crippen LogP contribution is 2.36. The maximum Gasteiger partial charge on any atom is 0.412 e. The number of hydrogen-bond donors (Lipinski definition) is 2. The number of amides is 1. The number of hydrogen-bond acceptors (Lipinski definition) is 6. The Morgan fingerprint density at radius 2 is 2.24 bits per heavy atom. The van der Waals surface area contributed by atoms with Gasteiger partial charge in [-0.2, -0.15) is 5.10 Å². The van der Waals surface area contributed by atoms with Crippen molar-refractivity contribution in [1.82, 2.24) is 29.6 Å². The molecule has 3 aromatic heterocycles. The fourth-order valence-corrected chi connectivity index (χ4v) is 4.59. The van der Waals surface area contributed by atoms with Gasteiger partial charge in [-0.15, -0.1) is 0 Å². The number of benzene rings is 1. The standard InChI is InChI=1S/C23H27N7O3/c1-16-3-4-18-19(30(16)23(31)32)5-6-20-22(18)27-21(7-11-28-10-2-8-26-28)29(20)12-9-24-13-17-14-25-15-33-17/h2,5-6,8,10,14-16,24H,3-4,7,9,11-13H2,1H3,(H,31,32)/t16-/m0/s1. The molecule has 2 N–H and O–H groups in total. The number of nitrogens with zero attached hydrogens (tertiary/aromatic N) is 6. The number of nitrogens with one attached hydrogen (secondary N) is 1. The fourth-order valence-electron chi connectivity index (χ4n) is 4.59. The lowest BCUT2D eigenvalue weighted by atomic mass is 9.96. The summed E-state index contributed by atoms with van der Waals surface area (Å²) in [6, 6.07) is 5.80. The number of fused-ring (bicyclic) bond motifs is 3. The van der Waals surface area contributed by atoms with Gasteiger partial charge in [0.25, 0.3) is 0 Å². The van der Waals surface area contributed by atoms with Crippen LogP contribution in [0.5, 0.6) is 0 Å². The summed E-state index contributed by atoms with van der Waals surface area (Å²) in [4.78, 5) is 22.3. The van der Waals surface area contributed by atoms with Crippen LogP contribution in [0.3, 0.4) is 0 Å². The van der Waals surface area contributed by atoms with Crippen molar-refractivity contribution < 1.29 is 14.3 Å². The zero-order chi connectivity index (χ0) is 22.8. The number of imidazole rings is 1. The minimum Gasteiger partial charge on any atom is -0.465 e. The van der Waals surface area contributed by atoms with Gasteiger partial charge in [-0.05, 0) is 38.0 Å². The van der Waals surface area contributed by atoms with E-state index in [0.29, 0.717) is 6.54 Å². The van der Waals surface area contributed by atoms with Crippen LogP contribution in [0.15, 0.2) is 47.6 Å². The molecule has 0 saturated heterocycles. The topological polar surface area (TPSA) is 114 Å². The molecule has 4 aromatic rings. The van der Waals surface area contributed by atoms with E-state index in [1.807, 2.05) is 36.0 Å². The lowest BCUT2D eigenvalue weighted by Crippen LogP contribution is -2.41. The molecule has 10 nitrogen and oxygen atoms in total. The van der Waals surface area contributed by atoms with Crippen molar-refractivity contribution in [2.45, 2.75) is 51.9 Å². The van der Waals surface area contributed by atoms with E-state index in [9.17, 15) is 9.90 Å². The maximum atomic E-state index is 11.9. The third kappa shape index (κ3) is 4.21. The predicted molar refractivity (Wildman–Crippen MR) is 122 cm³/mol. The molecule has 0 spiro atoms. The Hall–Kier alpha value is -3.66. The molecule has 0 aliphatic carbocycles. The van der Waals surface area contributed by atoms with E-state index in [-0.39, 0.29) is 6.04 Å². The van der Waals surface area contributed by atoms with Gasteiger partial charge in [0.1, 0.15) is 11.6 Å². The van der Waals surface area contributed by atoms with Crippen molar-refractivity contribution in [3.8, 4) is 0 Å². The monoisotopic (exact) mass is 449 g/mol. The Bertz CT molecular complexity index is 1230. The second-order valence-corrected chi connectivity index (χ2v) is 8.31. The van der Waals surface area contributed by atoms with Gasteiger partial charge < -0.3 is 19.4 Å². The van der Waals surface area contributed by atoms with Crippen LogP contribution in [0.1, 0.15) is 30.5 Å². The van der Waals surface area contributed by atoms with Crippen LogP contribution >= 0.6 is 0 Å². The van der Waals surface area contributed by atoms with E-state index in [0.717, 1.165) is 72.8 Å². The molecule has 4 heterocycles. The van der Waals surface area contributed by atoms with E-state index in [2.05, 4.69) is 20.0 Å². The predicted octanol–water partition coefficient (Wildman–Crippen LogP) is 3.07. The van der Waals surface area contributed by atoms with Crippen LogP contribution in [-0.2, 0) is 32.5 Å². The van der Waals surface area contributed by atoms with Crippen molar-refractivity contribution in [2.24, 2.45) is 0 Å². The van der Waals surface area contributed by atoms with Crippen molar-refractivity contribution in [3.05, 3.63) is 60.3 Å². The Morgan fingerprint density at radius 3 is 3.00 bits per heavy atom. The summed E-state index contributed by atoms with van der Waals surface area (Å²) in [6.07, 6.45) is 8.26. The van der Waals surface area contributed by atoms with Gasteiger partial charge in [0.2, 0.25) is 0 Å². The molecule has 33 heavy (non-hydrogen) atoms. The van der Waals surface area contributed by atoms with Crippen LogP contribution in [0.4, 0.5) is 10.5 Å². The molecule has 1 aliphatic heterocycles. The van der Waals surface area contributed by atoms with E-state index in [1.165, 1.54) is 11.3 Å². The van der Waals surface area contributed by atoms with Crippen LogP contribution in [-0.4, -0.2) is 48.1 Å². The molecule has 1 amide bonds. The summed E-state index contributed by atoms with van der Waals surface area (Å²) in [6.45, 7) is 4.75. The number of carboxylic acid groups (broad SMARTS) is 1. The molecule has 10 heteroatoms. The molecule has 1 atom stereocenters. The SMILES string of the molecule is C[C@H]1CCc2c(ccc3c2nc(CCn2cccn2)n3CCNCc2cnco2)N1C(=O)O. The summed E-state index contributed by atoms with van der Waals surface area (Å²) in [5, 5.41) is 17.5. The first kappa shape index (κ1) is 21.2. The third-order valence-corrected chi connectivity index (χ3v) is 6.22. The number of rotatable bonds is 8. The highest BCUT2D eigenvalue weighted by Gasteiger charge is 2.30. The van der Waals surface area contributed by atoms with Crippen molar-refractivity contribution in [3.63, 3.8) is 0 Å². The lowest BCUT2D eigenvalue weighted by Gasteiger charge is -2.33. The van der Waals surface area contributed by atoms with Gasteiger partial charge in [-0.3, -0.25) is 9.58 Å². The van der Waals surface area contributed by atoms with Crippen LogP contribution in [0, 0.1) is 0 Å². The highest BCUT2D eigenvalue weighted by molar-refractivity contribution is 5.94. The highest BCUT2D eigenvalue weighted by atomic mass is 16.4. The number of oxazole rings is 1. The van der Waals surface area contributed by atoms with Crippen LogP contribution in [0.25, 0.3) is 11.0 Å². The maximum absolute atomic E-state index is 11.9. The Balaban J connectivity index is 1.45. The Labute approximate surface area is 190 Å². The number of aryl methyl sites for hydroxylation is 3. The quantitative estimate of drug-likeness (QED) is 0.397. The summed E-state index contributed by atoms with van der Waals surface area (Å²) in [5.41, 5.74) is 3.70. The van der Waals surface area contributed by atoms with Gasteiger partial charge in [-0.25, -0.2) is 14.8 Å². The molecule has 0 fully saturated rings. The first-order valence-electron chi connectivity index (χ1n) is 11.2. The molecule has 172 valence electrons. The largest absolute Gasteiger partial charge is 0.465 e. The van der Waals surface area contributed by atoms with Gasteiger partial charge in [0.15, 0.2) is 6.39 Å². The zero-order valence-electron chi connectivity index (χ0n) is 18.5. The van der Waals surface area contributed by atoms with Crippen molar-refractivity contribution in [1.29, 1.82) is 0 Å². The third-order valence-electron chi connectivity index (χ3n) is 6.22. The minimum atomic E-state index is -0.919. The first-order valence-corrected chi connectivity index (χ1v) is 11.2. The molecule has 1 aliphatic rings. The summed E-state index contributed by atoms with van der Waals surface area (Å²) >= 11 is 0. The van der Waals surface area contributed by atoms with E-state index in [1.54, 1.807) is 12.4 Å².